The van der Waals surface area contributed by atoms with Crippen molar-refractivity contribution in [3.05, 3.63) is 86.4 Å². The van der Waals surface area contributed by atoms with Crippen molar-refractivity contribution in [3.63, 3.8) is 0 Å². The number of aryl methyl sites for hydroxylation is 3. The summed E-state index contributed by atoms with van der Waals surface area (Å²) in [6.45, 7) is 11.1. The molecule has 0 heterocycles. The molecule has 0 amide bonds. The molecule has 0 bridgehead atoms. The summed E-state index contributed by atoms with van der Waals surface area (Å²) in [4.78, 5) is 39.9. The Hall–Kier alpha value is -3.70. The summed E-state index contributed by atoms with van der Waals surface area (Å²) < 4.78 is 33.7. The number of halogens is 3. The van der Waals surface area contributed by atoms with Crippen molar-refractivity contribution < 1.29 is 42.8 Å². The van der Waals surface area contributed by atoms with Gasteiger partial charge in [-0.25, -0.2) is 14.4 Å². The van der Waals surface area contributed by atoms with Crippen LogP contribution < -0.4 is 14.2 Å². The number of esters is 3. The summed E-state index contributed by atoms with van der Waals surface area (Å²) in [5, 5.41) is 1.69. The van der Waals surface area contributed by atoms with E-state index < -0.39 is 36.2 Å². The lowest BCUT2D eigenvalue weighted by molar-refractivity contribution is -0.152. The van der Waals surface area contributed by atoms with E-state index in [0.29, 0.717) is 32.3 Å². The van der Waals surface area contributed by atoms with E-state index in [4.69, 9.17) is 63.2 Å². The van der Waals surface area contributed by atoms with E-state index in [-0.39, 0.29) is 39.5 Å². The van der Waals surface area contributed by atoms with Crippen molar-refractivity contribution in [2.45, 2.75) is 59.9 Å². The summed E-state index contributed by atoms with van der Waals surface area (Å²) in [5.74, 6) is -0.105. The molecular weight excluding hydrogens is 697 g/mol. The minimum atomic E-state index is -0.869. The lowest BCUT2D eigenvalue weighted by atomic mass is 10.2. The molecule has 3 atom stereocenters. The minimum absolute atomic E-state index is 0.0126. The first-order valence-corrected chi connectivity index (χ1v) is 16.9. The van der Waals surface area contributed by atoms with Crippen molar-refractivity contribution in [2.24, 2.45) is 0 Å². The van der Waals surface area contributed by atoms with Gasteiger partial charge in [-0.05, 0) is 113 Å². The molecule has 3 aromatic rings. The van der Waals surface area contributed by atoms with Gasteiger partial charge in [-0.1, -0.05) is 34.8 Å². The molecule has 0 aliphatic heterocycles. The third-order valence-electron chi connectivity index (χ3n) is 7.27. The molecule has 0 radical (unpaired) electrons. The van der Waals surface area contributed by atoms with E-state index in [1.54, 1.807) is 75.4 Å². The third kappa shape index (κ3) is 13.3. The van der Waals surface area contributed by atoms with Crippen LogP contribution in [0.5, 0.6) is 17.2 Å². The molecule has 0 aliphatic rings. The quantitative estimate of drug-likeness (QED) is 0.0982. The van der Waals surface area contributed by atoms with Gasteiger partial charge in [0.15, 0.2) is 18.3 Å². The second kappa shape index (κ2) is 19.5. The maximum atomic E-state index is 12.7. The van der Waals surface area contributed by atoms with Crippen LogP contribution in [-0.4, -0.2) is 80.6 Å². The highest BCUT2D eigenvalue weighted by atomic mass is 35.5. The number of carbonyl (C=O) groups is 3. The average Bonchev–Trinajstić information content (AvgIpc) is 3.04. The van der Waals surface area contributed by atoms with Gasteiger partial charge in [-0.2, -0.15) is 0 Å². The minimum Gasteiger partial charge on any atom is -0.479 e. The molecule has 0 saturated heterocycles. The highest BCUT2D eigenvalue weighted by molar-refractivity contribution is 6.31. The maximum absolute atomic E-state index is 12.7. The molecule has 0 aromatic heterocycles. The van der Waals surface area contributed by atoms with Gasteiger partial charge in [0.25, 0.3) is 0 Å². The normalized spacial score (nSPS) is 12.9. The van der Waals surface area contributed by atoms with Crippen LogP contribution in [0.3, 0.4) is 0 Å². The first-order chi connectivity index (χ1) is 23.2. The number of carbonyl (C=O) groups excluding carboxylic acids is 3. The average molecular weight is 739 g/mol. The van der Waals surface area contributed by atoms with Crippen molar-refractivity contribution in [1.82, 2.24) is 4.90 Å². The monoisotopic (exact) mass is 737 g/mol. The predicted molar refractivity (Wildman–Crippen MR) is 188 cm³/mol. The summed E-state index contributed by atoms with van der Waals surface area (Å²) >= 11 is 18.0. The zero-order valence-electron chi connectivity index (χ0n) is 28.4. The van der Waals surface area contributed by atoms with E-state index in [1.807, 2.05) is 25.7 Å². The summed E-state index contributed by atoms with van der Waals surface area (Å²) in [7, 11) is 0. The number of nitrogens with zero attached hydrogens (tertiary/aromatic N) is 1. The van der Waals surface area contributed by atoms with E-state index in [1.165, 1.54) is 0 Å². The highest BCUT2D eigenvalue weighted by Crippen LogP contribution is 2.25. The topological polar surface area (TPSA) is 110 Å². The number of hydrogen-bond donors (Lipinski definition) is 0. The molecule has 13 heteroatoms. The Morgan fingerprint density at radius 2 is 0.796 bits per heavy atom. The first kappa shape index (κ1) is 39.7. The Balaban J connectivity index is 1.52. The van der Waals surface area contributed by atoms with Crippen LogP contribution in [0.4, 0.5) is 0 Å². The van der Waals surface area contributed by atoms with Crippen molar-refractivity contribution in [1.29, 1.82) is 0 Å². The van der Waals surface area contributed by atoms with Gasteiger partial charge in [0.2, 0.25) is 0 Å². The Kier molecular flexibility index (Phi) is 15.8. The summed E-state index contributed by atoms with van der Waals surface area (Å²) in [6.07, 6.45) is -2.61. The van der Waals surface area contributed by atoms with Gasteiger partial charge in [0.05, 0.1) is 0 Å². The molecule has 3 unspecified atom stereocenters. The van der Waals surface area contributed by atoms with Crippen molar-refractivity contribution in [2.75, 3.05) is 39.5 Å². The zero-order chi connectivity index (χ0) is 36.1. The SMILES string of the molecule is Cc1cc(Cl)ccc1OC(C)C(=O)OCCN(CCOC(=O)C(C)Oc1ccc(Cl)cc1C)CCOC(=O)C(C)Oc1ccc(Cl)cc1C. The fraction of sp³-hybridized carbons (Fsp3) is 0.417. The third-order valence-corrected chi connectivity index (χ3v) is 7.98. The molecule has 0 aliphatic carbocycles. The lowest BCUT2D eigenvalue weighted by Gasteiger charge is -2.23. The molecule has 10 nitrogen and oxygen atoms in total. The van der Waals surface area contributed by atoms with Gasteiger partial charge in [0, 0.05) is 34.7 Å². The molecule has 0 spiro atoms. The van der Waals surface area contributed by atoms with Crippen LogP contribution in [0.2, 0.25) is 15.1 Å². The van der Waals surface area contributed by atoms with Crippen LogP contribution in [0.1, 0.15) is 37.5 Å². The van der Waals surface area contributed by atoms with E-state index in [2.05, 4.69) is 0 Å². The van der Waals surface area contributed by atoms with Crippen LogP contribution in [0.15, 0.2) is 54.6 Å². The molecule has 3 rings (SSSR count). The predicted octanol–water partition coefficient (Wildman–Crippen LogP) is 7.21. The van der Waals surface area contributed by atoms with E-state index in [9.17, 15) is 14.4 Å². The van der Waals surface area contributed by atoms with Crippen LogP contribution in [0.25, 0.3) is 0 Å². The van der Waals surface area contributed by atoms with E-state index >= 15 is 0 Å². The Bertz CT molecular complexity index is 1400. The first-order valence-electron chi connectivity index (χ1n) is 15.7. The molecule has 3 aromatic carbocycles. The van der Waals surface area contributed by atoms with Gasteiger partial charge < -0.3 is 28.4 Å². The molecule has 0 saturated carbocycles. The van der Waals surface area contributed by atoms with Crippen LogP contribution in [-0.2, 0) is 28.6 Å². The Labute approximate surface area is 302 Å². The van der Waals surface area contributed by atoms with Gasteiger partial charge >= 0.3 is 17.9 Å². The number of rotatable bonds is 18. The zero-order valence-corrected chi connectivity index (χ0v) is 30.7. The second-order valence-electron chi connectivity index (χ2n) is 11.4. The van der Waals surface area contributed by atoms with Gasteiger partial charge in [-0.15, -0.1) is 0 Å². The second-order valence-corrected chi connectivity index (χ2v) is 12.7. The standard InChI is InChI=1S/C36H42Cl3NO9/c1-22-19-28(37)7-10-31(22)47-25(4)34(41)44-16-13-40(14-17-45-35(42)26(5)48-32-11-8-29(38)20-23(32)2)15-18-46-36(43)27(6)49-33-12-9-30(39)21-24(33)3/h7-12,19-21,25-27H,13-18H2,1-6H3. The van der Waals surface area contributed by atoms with Crippen LogP contribution in [0, 0.1) is 20.8 Å². The van der Waals surface area contributed by atoms with Crippen LogP contribution >= 0.6 is 34.8 Å². The maximum Gasteiger partial charge on any atom is 0.347 e. The number of hydrogen-bond acceptors (Lipinski definition) is 10. The lowest BCUT2D eigenvalue weighted by Crippen LogP contribution is -2.38. The molecule has 0 fully saturated rings. The van der Waals surface area contributed by atoms with E-state index in [0.717, 1.165) is 16.7 Å². The number of benzene rings is 3. The van der Waals surface area contributed by atoms with Crippen molar-refractivity contribution >= 4 is 52.7 Å². The summed E-state index contributed by atoms with van der Waals surface area (Å²) in [6, 6.07) is 15.3. The highest BCUT2D eigenvalue weighted by Gasteiger charge is 2.21. The Morgan fingerprint density at radius 1 is 0.531 bits per heavy atom. The fourth-order valence-corrected chi connectivity index (χ4v) is 5.14. The van der Waals surface area contributed by atoms with Gasteiger partial charge in [-0.3, -0.25) is 4.90 Å². The van der Waals surface area contributed by atoms with Crippen molar-refractivity contribution in [3.8, 4) is 17.2 Å². The molecular formula is C36H42Cl3NO9. The smallest absolute Gasteiger partial charge is 0.347 e. The molecule has 0 N–H and O–H groups in total. The fourth-order valence-electron chi connectivity index (χ4n) is 4.46. The summed E-state index contributed by atoms with van der Waals surface area (Å²) in [5.41, 5.74) is 2.36. The molecule has 49 heavy (non-hydrogen) atoms. The number of ether oxygens (including phenoxy) is 6. The largest absolute Gasteiger partial charge is 0.479 e. The Morgan fingerprint density at radius 3 is 1.04 bits per heavy atom. The molecule has 266 valence electrons. The van der Waals surface area contributed by atoms with Gasteiger partial charge in [0.1, 0.15) is 37.1 Å².